The Morgan fingerprint density at radius 2 is 2.10 bits per heavy atom. The van der Waals surface area contributed by atoms with E-state index in [2.05, 4.69) is 25.9 Å². The fourth-order valence-electron chi connectivity index (χ4n) is 4.45. The van der Waals surface area contributed by atoms with Gasteiger partial charge in [-0.15, -0.1) is 11.3 Å². The van der Waals surface area contributed by atoms with Gasteiger partial charge < -0.3 is 14.8 Å². The van der Waals surface area contributed by atoms with Gasteiger partial charge in [0.25, 0.3) is 0 Å². The lowest BCUT2D eigenvalue weighted by Crippen LogP contribution is -2.51. The van der Waals surface area contributed by atoms with Crippen LogP contribution < -0.4 is 0 Å². The monoisotopic (exact) mass is 441 g/mol. The number of piperidine rings is 1. The zero-order chi connectivity index (χ0) is 22.2. The second-order valence-electron chi connectivity index (χ2n) is 9.23. The van der Waals surface area contributed by atoms with Crippen LogP contribution in [0.15, 0.2) is 34.8 Å². The van der Waals surface area contributed by atoms with E-state index in [1.165, 1.54) is 0 Å². The highest BCUT2D eigenvalue weighted by atomic mass is 32.1. The highest BCUT2D eigenvalue weighted by Crippen LogP contribution is 2.40. The molecule has 0 radical (unpaired) electrons. The van der Waals surface area contributed by atoms with Gasteiger partial charge in [-0.25, -0.2) is 9.78 Å². The molecule has 2 aromatic rings. The van der Waals surface area contributed by atoms with Crippen LogP contribution in [0.3, 0.4) is 0 Å². The average Bonchev–Trinajstić information content (AvgIpc) is 3.42. The molecule has 0 saturated carbocycles. The zero-order valence-corrected chi connectivity index (χ0v) is 18.8. The first kappa shape index (κ1) is 21.5. The molecule has 3 heterocycles. The Labute approximate surface area is 185 Å². The molecule has 1 N–H and O–H groups in total. The van der Waals surface area contributed by atoms with Crippen LogP contribution in [-0.2, 0) is 4.84 Å². The predicted molar refractivity (Wildman–Crippen MR) is 119 cm³/mol. The van der Waals surface area contributed by atoms with Gasteiger partial charge in [0.15, 0.2) is 6.10 Å². The molecule has 1 amide bonds. The number of aromatic nitrogens is 1. The third-order valence-electron chi connectivity index (χ3n) is 6.15. The highest BCUT2D eigenvalue weighted by molar-refractivity contribution is 7.10. The lowest BCUT2D eigenvalue weighted by atomic mass is 9.77. The molecule has 31 heavy (non-hydrogen) atoms. The first-order valence-electron chi connectivity index (χ1n) is 10.5. The van der Waals surface area contributed by atoms with Crippen molar-refractivity contribution in [3.8, 4) is 0 Å². The lowest BCUT2D eigenvalue weighted by molar-refractivity contribution is 0.0525. The quantitative estimate of drug-likeness (QED) is 0.667. The molecule has 1 aromatic carbocycles. The molecule has 2 aliphatic rings. The van der Waals surface area contributed by atoms with Crippen molar-refractivity contribution in [3.63, 3.8) is 0 Å². The number of carboxylic acid groups (broad SMARTS) is 1. The summed E-state index contributed by atoms with van der Waals surface area (Å²) < 4.78 is 0. The molecule has 3 unspecified atom stereocenters. The van der Waals surface area contributed by atoms with Gasteiger partial charge in [0, 0.05) is 41.4 Å². The Bertz CT molecular complexity index is 1010. The summed E-state index contributed by atoms with van der Waals surface area (Å²) in [4.78, 5) is 35.1. The third kappa shape index (κ3) is 4.35. The number of nitrogens with zero attached hydrogens (tertiary/aromatic N) is 3. The maximum Gasteiger partial charge on any atom is 0.407 e. The van der Waals surface area contributed by atoms with Crippen molar-refractivity contribution >= 4 is 29.4 Å². The van der Waals surface area contributed by atoms with Crippen LogP contribution in [0.5, 0.6) is 0 Å². The largest absolute Gasteiger partial charge is 0.465 e. The van der Waals surface area contributed by atoms with Crippen molar-refractivity contribution < 1.29 is 19.5 Å². The SMILES string of the molecule is CC(C)(C)C1CC(c2nc(C3=NOC(c4ccccc4C=O)C3)cs2)CCN1C(=O)O. The van der Waals surface area contributed by atoms with Gasteiger partial charge in [-0.05, 0) is 18.3 Å². The van der Waals surface area contributed by atoms with E-state index < -0.39 is 6.09 Å². The molecule has 1 saturated heterocycles. The van der Waals surface area contributed by atoms with Gasteiger partial charge >= 0.3 is 6.09 Å². The van der Waals surface area contributed by atoms with Gasteiger partial charge in [0.2, 0.25) is 0 Å². The number of thiazole rings is 1. The summed E-state index contributed by atoms with van der Waals surface area (Å²) in [7, 11) is 0. The normalized spacial score (nSPS) is 23.9. The third-order valence-corrected chi connectivity index (χ3v) is 7.16. The number of rotatable bonds is 4. The number of amides is 1. The second-order valence-corrected chi connectivity index (χ2v) is 10.1. The summed E-state index contributed by atoms with van der Waals surface area (Å²) in [6, 6.07) is 7.34. The standard InChI is InChI=1S/C23H27N3O4S/c1-23(2,3)20-10-14(8-9-26(20)22(28)29)21-24-18(13-31-21)17-11-19(30-25-17)16-7-5-4-6-15(16)12-27/h4-7,12-14,19-20H,8-11H2,1-3H3,(H,28,29). The molecule has 4 rings (SSSR count). The van der Waals surface area contributed by atoms with Crippen LogP contribution >= 0.6 is 11.3 Å². The van der Waals surface area contributed by atoms with Crippen molar-refractivity contribution in [1.82, 2.24) is 9.88 Å². The number of aldehydes is 1. The van der Waals surface area contributed by atoms with Crippen molar-refractivity contribution in [3.05, 3.63) is 51.5 Å². The van der Waals surface area contributed by atoms with E-state index in [1.54, 1.807) is 22.3 Å². The molecule has 0 aliphatic carbocycles. The fourth-order valence-corrected chi connectivity index (χ4v) is 5.43. The number of carbonyl (C=O) groups excluding carboxylic acids is 1. The number of likely N-dealkylation sites (tertiary alicyclic amines) is 1. The summed E-state index contributed by atoms with van der Waals surface area (Å²) in [5.74, 6) is 0.230. The van der Waals surface area contributed by atoms with E-state index in [0.717, 1.165) is 41.1 Å². The minimum Gasteiger partial charge on any atom is -0.465 e. The Kier molecular flexibility index (Phi) is 5.83. The van der Waals surface area contributed by atoms with E-state index in [0.29, 0.717) is 18.5 Å². The maximum absolute atomic E-state index is 11.7. The van der Waals surface area contributed by atoms with E-state index >= 15 is 0 Å². The molecule has 1 fully saturated rings. The summed E-state index contributed by atoms with van der Waals surface area (Å²) in [5, 5.41) is 16.9. The van der Waals surface area contributed by atoms with Crippen LogP contribution in [0.2, 0.25) is 0 Å². The minimum absolute atomic E-state index is 0.0486. The van der Waals surface area contributed by atoms with Gasteiger partial charge in [0.05, 0.1) is 10.7 Å². The van der Waals surface area contributed by atoms with Crippen LogP contribution in [0, 0.1) is 5.41 Å². The number of hydrogen-bond donors (Lipinski definition) is 1. The lowest BCUT2D eigenvalue weighted by Gasteiger charge is -2.44. The average molecular weight is 442 g/mol. The molecular formula is C23H27N3O4S. The maximum atomic E-state index is 11.7. The molecule has 2 aliphatic heterocycles. The molecule has 1 aromatic heterocycles. The van der Waals surface area contributed by atoms with Crippen molar-refractivity contribution in [2.24, 2.45) is 10.6 Å². The Hall–Kier alpha value is -2.74. The first-order valence-corrected chi connectivity index (χ1v) is 11.4. The van der Waals surface area contributed by atoms with Crippen LogP contribution in [-0.4, -0.2) is 45.7 Å². The molecule has 7 nitrogen and oxygen atoms in total. The number of hydrogen-bond acceptors (Lipinski definition) is 6. The molecule has 164 valence electrons. The smallest absolute Gasteiger partial charge is 0.407 e. The Morgan fingerprint density at radius 3 is 2.81 bits per heavy atom. The van der Waals surface area contributed by atoms with Crippen LogP contribution in [0.1, 0.15) is 78.7 Å². The van der Waals surface area contributed by atoms with Gasteiger partial charge in [-0.2, -0.15) is 0 Å². The zero-order valence-electron chi connectivity index (χ0n) is 17.9. The summed E-state index contributed by atoms with van der Waals surface area (Å²) in [6.07, 6.45) is 1.80. The van der Waals surface area contributed by atoms with Gasteiger partial charge in [-0.3, -0.25) is 4.79 Å². The highest BCUT2D eigenvalue weighted by Gasteiger charge is 2.40. The predicted octanol–water partition coefficient (Wildman–Crippen LogP) is 5.09. The van der Waals surface area contributed by atoms with E-state index in [1.807, 2.05) is 23.6 Å². The van der Waals surface area contributed by atoms with E-state index in [4.69, 9.17) is 9.82 Å². The van der Waals surface area contributed by atoms with E-state index in [9.17, 15) is 14.7 Å². The van der Waals surface area contributed by atoms with Crippen molar-refractivity contribution in [2.45, 2.75) is 58.1 Å². The van der Waals surface area contributed by atoms with Gasteiger partial charge in [0.1, 0.15) is 12.0 Å². The van der Waals surface area contributed by atoms with E-state index in [-0.39, 0.29) is 23.5 Å². The Balaban J connectivity index is 1.48. The number of benzene rings is 1. The molecule has 3 atom stereocenters. The van der Waals surface area contributed by atoms with Crippen LogP contribution in [0.25, 0.3) is 0 Å². The summed E-state index contributed by atoms with van der Waals surface area (Å²) in [5.41, 5.74) is 2.89. The number of oxime groups is 1. The van der Waals surface area contributed by atoms with Crippen molar-refractivity contribution in [2.75, 3.05) is 6.54 Å². The van der Waals surface area contributed by atoms with Gasteiger partial charge in [-0.1, -0.05) is 50.2 Å². The first-order chi connectivity index (χ1) is 14.8. The molecule has 0 spiro atoms. The second kappa shape index (κ2) is 8.42. The number of carbonyl (C=O) groups is 2. The van der Waals surface area contributed by atoms with Crippen LogP contribution in [0.4, 0.5) is 4.79 Å². The minimum atomic E-state index is -0.850. The molecule has 0 bridgehead atoms. The molecule has 8 heteroatoms. The Morgan fingerprint density at radius 1 is 1.32 bits per heavy atom. The topological polar surface area (TPSA) is 92.1 Å². The summed E-state index contributed by atoms with van der Waals surface area (Å²) in [6.45, 7) is 6.78. The molecular weight excluding hydrogens is 414 g/mol. The summed E-state index contributed by atoms with van der Waals surface area (Å²) >= 11 is 1.60. The van der Waals surface area contributed by atoms with Crippen molar-refractivity contribution in [1.29, 1.82) is 0 Å². The fraction of sp³-hybridized carbons (Fsp3) is 0.478.